The lowest BCUT2D eigenvalue weighted by molar-refractivity contribution is 0.261. The van der Waals surface area contributed by atoms with Crippen molar-refractivity contribution in [2.75, 3.05) is 0 Å². The summed E-state index contributed by atoms with van der Waals surface area (Å²) in [6.45, 7) is 6.80. The van der Waals surface area contributed by atoms with Crippen molar-refractivity contribution in [1.29, 1.82) is 0 Å². The van der Waals surface area contributed by atoms with Crippen LogP contribution in [0.3, 0.4) is 0 Å². The lowest BCUT2D eigenvalue weighted by Gasteiger charge is -2.19. The first-order valence-corrected chi connectivity index (χ1v) is 6.14. The maximum Gasteiger partial charge on any atom is 0.284 e. The normalized spacial score (nSPS) is 11.5. The van der Waals surface area contributed by atoms with Gasteiger partial charge in [0.1, 0.15) is 5.75 Å². The predicted octanol–water partition coefficient (Wildman–Crippen LogP) is 3.61. The predicted molar refractivity (Wildman–Crippen MR) is 71.2 cm³/mol. The highest BCUT2D eigenvalue weighted by Crippen LogP contribution is 2.24. The number of aromatic amines is 1. The molecule has 0 spiro atoms. The van der Waals surface area contributed by atoms with E-state index < -0.39 is 0 Å². The van der Waals surface area contributed by atoms with E-state index in [-0.39, 0.29) is 16.9 Å². The highest BCUT2D eigenvalue weighted by molar-refractivity contribution is 7.71. The highest BCUT2D eigenvalue weighted by Gasteiger charge is 2.13. The average molecular weight is 264 g/mol. The summed E-state index contributed by atoms with van der Waals surface area (Å²) in [6, 6.07) is 8.02. The Bertz CT molecular complexity index is 564. The molecule has 0 aliphatic heterocycles. The fourth-order valence-electron chi connectivity index (χ4n) is 1.52. The van der Waals surface area contributed by atoms with Gasteiger partial charge >= 0.3 is 0 Å². The molecule has 1 aromatic heterocycles. The molecule has 2 rings (SSSR count). The molecule has 0 aliphatic rings. The number of nitrogens with one attached hydrogen (secondary N) is 1. The van der Waals surface area contributed by atoms with Gasteiger partial charge in [0, 0.05) is 0 Å². The molecule has 1 N–H and O–H groups in total. The first kappa shape index (κ1) is 12.8. The third-order valence-electron chi connectivity index (χ3n) is 2.57. The maximum absolute atomic E-state index is 5.55. The van der Waals surface area contributed by atoms with Crippen molar-refractivity contribution in [3.05, 3.63) is 40.6 Å². The van der Waals surface area contributed by atoms with Crippen LogP contribution >= 0.6 is 12.2 Å². The Morgan fingerprint density at radius 1 is 1.28 bits per heavy atom. The summed E-state index contributed by atoms with van der Waals surface area (Å²) in [5, 5.41) is 6.42. The molecule has 0 bridgehead atoms. The molecule has 1 aromatic carbocycles. The van der Waals surface area contributed by atoms with Gasteiger partial charge in [-0.1, -0.05) is 32.9 Å². The minimum absolute atomic E-state index is 0.146. The Morgan fingerprint density at radius 3 is 2.44 bits per heavy atom. The van der Waals surface area contributed by atoms with Crippen molar-refractivity contribution in [2.45, 2.75) is 32.8 Å². The topological polar surface area (TPSA) is 51.0 Å². The van der Waals surface area contributed by atoms with E-state index in [1.54, 1.807) is 0 Å². The number of aromatic nitrogens is 2. The van der Waals surface area contributed by atoms with Crippen molar-refractivity contribution in [2.24, 2.45) is 0 Å². The van der Waals surface area contributed by atoms with Gasteiger partial charge in [-0.15, -0.1) is 5.10 Å². The molecule has 0 amide bonds. The van der Waals surface area contributed by atoms with Crippen LogP contribution in [0.2, 0.25) is 0 Å². The molecule has 2 aromatic rings. The standard InChI is InChI=1S/C13H16N2O2S/c1-13(2,3)9-4-6-10(7-5-9)16-8-11-14-15-12(18)17-11/h4-7H,8H2,1-3H3,(H,15,18). The Hall–Kier alpha value is -1.62. The van der Waals surface area contributed by atoms with Gasteiger partial charge in [-0.05, 0) is 35.3 Å². The van der Waals surface area contributed by atoms with Gasteiger partial charge in [-0.25, -0.2) is 5.10 Å². The molecule has 0 saturated heterocycles. The van der Waals surface area contributed by atoms with Gasteiger partial charge in [0.2, 0.25) is 0 Å². The van der Waals surface area contributed by atoms with Crippen molar-refractivity contribution >= 4 is 12.2 Å². The van der Waals surface area contributed by atoms with Crippen LogP contribution in [0.4, 0.5) is 0 Å². The summed E-state index contributed by atoms with van der Waals surface area (Å²) in [5.74, 6) is 1.23. The molecule has 0 unspecified atom stereocenters. The second kappa shape index (κ2) is 4.94. The van der Waals surface area contributed by atoms with E-state index in [0.29, 0.717) is 5.89 Å². The molecule has 0 radical (unpaired) electrons. The van der Waals surface area contributed by atoms with E-state index in [1.807, 2.05) is 12.1 Å². The van der Waals surface area contributed by atoms with E-state index in [0.717, 1.165) is 5.75 Å². The summed E-state index contributed by atoms with van der Waals surface area (Å²) in [4.78, 5) is 0.261. The van der Waals surface area contributed by atoms with Crippen molar-refractivity contribution in [3.8, 4) is 5.75 Å². The zero-order valence-electron chi connectivity index (χ0n) is 10.7. The van der Waals surface area contributed by atoms with Gasteiger partial charge in [-0.3, -0.25) is 0 Å². The van der Waals surface area contributed by atoms with Crippen molar-refractivity contribution in [1.82, 2.24) is 10.2 Å². The monoisotopic (exact) mass is 264 g/mol. The summed E-state index contributed by atoms with van der Waals surface area (Å²) in [6.07, 6.45) is 0. The molecule has 18 heavy (non-hydrogen) atoms. The van der Waals surface area contributed by atoms with Crippen LogP contribution < -0.4 is 4.74 Å². The quantitative estimate of drug-likeness (QED) is 0.860. The number of rotatable bonds is 3. The van der Waals surface area contributed by atoms with Crippen LogP contribution in [0.1, 0.15) is 32.2 Å². The molecule has 5 heteroatoms. The molecule has 0 saturated carbocycles. The third-order valence-corrected chi connectivity index (χ3v) is 2.74. The van der Waals surface area contributed by atoms with E-state index in [2.05, 4.69) is 43.1 Å². The van der Waals surface area contributed by atoms with Crippen LogP contribution in [0, 0.1) is 4.84 Å². The van der Waals surface area contributed by atoms with Crippen LogP contribution in [0.5, 0.6) is 5.75 Å². The second-order valence-electron chi connectivity index (χ2n) is 5.07. The number of benzene rings is 1. The maximum atomic E-state index is 5.55. The van der Waals surface area contributed by atoms with Crippen molar-refractivity contribution in [3.63, 3.8) is 0 Å². The zero-order chi connectivity index (χ0) is 13.2. The number of nitrogens with zero attached hydrogens (tertiary/aromatic N) is 1. The molecular formula is C13H16N2O2S. The number of hydrogen-bond donors (Lipinski definition) is 1. The lowest BCUT2D eigenvalue weighted by atomic mass is 9.87. The van der Waals surface area contributed by atoms with Gasteiger partial charge in [-0.2, -0.15) is 0 Å². The zero-order valence-corrected chi connectivity index (χ0v) is 11.5. The van der Waals surface area contributed by atoms with Gasteiger partial charge in [0.05, 0.1) is 0 Å². The smallest absolute Gasteiger partial charge is 0.284 e. The minimum Gasteiger partial charge on any atom is -0.484 e. The summed E-state index contributed by atoms with van der Waals surface area (Å²) in [7, 11) is 0. The largest absolute Gasteiger partial charge is 0.484 e. The second-order valence-corrected chi connectivity index (χ2v) is 5.44. The average Bonchev–Trinajstić information content (AvgIpc) is 2.72. The van der Waals surface area contributed by atoms with E-state index in [9.17, 15) is 0 Å². The molecule has 0 aliphatic carbocycles. The Labute approximate surface area is 111 Å². The van der Waals surface area contributed by atoms with Crippen molar-refractivity contribution < 1.29 is 9.15 Å². The van der Waals surface area contributed by atoms with Crippen LogP contribution in [0.15, 0.2) is 28.7 Å². The fraction of sp³-hybridized carbons (Fsp3) is 0.385. The molecular weight excluding hydrogens is 248 g/mol. The van der Waals surface area contributed by atoms with Gasteiger partial charge in [0.25, 0.3) is 10.7 Å². The number of ether oxygens (including phenoxy) is 1. The Balaban J connectivity index is 2.00. The molecule has 1 heterocycles. The number of hydrogen-bond acceptors (Lipinski definition) is 4. The summed E-state index contributed by atoms with van der Waals surface area (Å²) < 4.78 is 10.7. The molecule has 0 atom stereocenters. The minimum atomic E-state index is 0.146. The number of H-pyrrole nitrogens is 1. The third kappa shape index (κ3) is 3.20. The summed E-state index contributed by atoms with van der Waals surface area (Å²) in [5.41, 5.74) is 1.42. The van der Waals surface area contributed by atoms with Crippen LogP contribution in [-0.4, -0.2) is 10.2 Å². The Kier molecular flexibility index (Phi) is 3.52. The fourth-order valence-corrected chi connectivity index (χ4v) is 1.66. The van der Waals surface area contributed by atoms with Crippen LogP contribution in [0.25, 0.3) is 0 Å². The lowest BCUT2D eigenvalue weighted by Crippen LogP contribution is -2.10. The van der Waals surface area contributed by atoms with Crippen LogP contribution in [-0.2, 0) is 12.0 Å². The molecule has 4 nitrogen and oxygen atoms in total. The van der Waals surface area contributed by atoms with E-state index >= 15 is 0 Å². The van der Waals surface area contributed by atoms with Gasteiger partial charge < -0.3 is 9.15 Å². The Morgan fingerprint density at radius 2 is 1.94 bits per heavy atom. The highest BCUT2D eigenvalue weighted by atomic mass is 32.1. The first-order valence-electron chi connectivity index (χ1n) is 5.73. The summed E-state index contributed by atoms with van der Waals surface area (Å²) >= 11 is 4.78. The molecule has 0 fully saturated rings. The molecule has 96 valence electrons. The van der Waals surface area contributed by atoms with E-state index in [4.69, 9.17) is 21.4 Å². The van der Waals surface area contributed by atoms with E-state index in [1.165, 1.54) is 5.56 Å². The SMILES string of the molecule is CC(C)(C)c1ccc(OCc2n[nH]c(=S)o2)cc1. The first-order chi connectivity index (χ1) is 8.45. The van der Waals surface area contributed by atoms with Gasteiger partial charge in [0.15, 0.2) is 6.61 Å².